The Hall–Kier alpha value is 0.993. The number of amides is 1. The molecule has 1 aromatic rings. The van der Waals surface area contributed by atoms with Crippen LogP contribution in [0.3, 0.4) is 0 Å². The molecule has 0 aromatic heterocycles. The molecule has 134 valence electrons. The van der Waals surface area contributed by atoms with Crippen molar-refractivity contribution in [1.82, 2.24) is 10.2 Å². The summed E-state index contributed by atoms with van der Waals surface area (Å²) in [5.74, 6) is 0. The van der Waals surface area contributed by atoms with E-state index in [9.17, 15) is 4.79 Å². The summed E-state index contributed by atoms with van der Waals surface area (Å²) < 4.78 is 5.49. The van der Waals surface area contributed by atoms with Crippen molar-refractivity contribution >= 4 is 12.2 Å². The first-order valence-corrected chi connectivity index (χ1v) is 7.76. The van der Waals surface area contributed by atoms with Crippen LogP contribution in [-0.2, 0) is 4.74 Å². The largest absolute Gasteiger partial charge is 1.00 e. The average molecular weight is 415 g/mol. The number of nitrogens with one attached hydrogen (secondary N) is 1. The maximum Gasteiger partial charge on any atom is 1.00 e. The van der Waals surface area contributed by atoms with Gasteiger partial charge >= 0.3 is 109 Å². The topological polar surface area (TPSA) is 105 Å². The van der Waals surface area contributed by atoms with Crippen molar-refractivity contribution in [2.75, 3.05) is 13.1 Å². The van der Waals surface area contributed by atoms with Crippen molar-refractivity contribution in [2.45, 2.75) is 45.4 Å². The van der Waals surface area contributed by atoms with Crippen LogP contribution in [0.15, 0.2) is 30.3 Å². The second-order valence-electron chi connectivity index (χ2n) is 6.60. The Labute approximate surface area is 240 Å². The summed E-state index contributed by atoms with van der Waals surface area (Å²) in [6.45, 7) is 9.14. The molecule has 1 fully saturated rings. The molecule has 2 rings (SSSR count). The van der Waals surface area contributed by atoms with E-state index in [1.807, 2.05) is 50.8 Å². The summed E-state index contributed by atoms with van der Waals surface area (Å²) in [5, 5.41) is 20.2. The Morgan fingerprint density at radius 2 is 1.65 bits per heavy atom. The Bertz CT molecular complexity index is 548. The van der Waals surface area contributed by atoms with Crippen LogP contribution in [0.1, 0.15) is 39.3 Å². The molecule has 0 aliphatic carbocycles. The summed E-state index contributed by atoms with van der Waals surface area (Å²) in [4.78, 5) is 22.4. The molecule has 1 aliphatic heterocycles. The van der Waals surface area contributed by atoms with Crippen LogP contribution >= 0.6 is 0 Å². The van der Waals surface area contributed by atoms with E-state index in [4.69, 9.17) is 19.7 Å². The zero-order valence-corrected chi connectivity index (χ0v) is 22.7. The molecular formula is C17H24K2N2O5. The third-order valence-electron chi connectivity index (χ3n) is 3.40. The smallest absolute Gasteiger partial charge is 0.652 e. The van der Waals surface area contributed by atoms with Crippen LogP contribution < -0.4 is 118 Å². The standard InChI is InChI=1S/C16H24N2O2.CH2O3.2K/c1-12-10-17-14(13-8-6-5-7-9-13)11-18(12)15(19)20-16(2,3)4;2-1(3)4;;/h5-9,12,14,17H,10-11H2,1-4H3;(H2,2,3,4);;/q;;2*+1/p-2/t12-,14-;;;/m1.../s1. The number of carboxylic acid groups (broad SMARTS) is 2. The molecule has 1 aromatic carbocycles. The first-order chi connectivity index (χ1) is 11.1. The summed E-state index contributed by atoms with van der Waals surface area (Å²) in [7, 11) is 0. The van der Waals surface area contributed by atoms with E-state index in [1.165, 1.54) is 5.56 Å². The number of carbonyl (C=O) groups is 2. The molecule has 0 spiro atoms. The predicted molar refractivity (Wildman–Crippen MR) is 85.0 cm³/mol. The van der Waals surface area contributed by atoms with Gasteiger partial charge in [-0.2, -0.15) is 0 Å². The quantitative estimate of drug-likeness (QED) is 0.460. The summed E-state index contributed by atoms with van der Waals surface area (Å²) in [6, 6.07) is 10.5. The van der Waals surface area contributed by atoms with Gasteiger partial charge in [-0.1, -0.05) is 30.3 Å². The fourth-order valence-electron chi connectivity index (χ4n) is 2.35. The van der Waals surface area contributed by atoms with Gasteiger partial charge in [0, 0.05) is 19.1 Å². The van der Waals surface area contributed by atoms with Crippen LogP contribution in [0, 0.1) is 0 Å². The molecule has 1 saturated heterocycles. The molecule has 0 radical (unpaired) electrons. The van der Waals surface area contributed by atoms with E-state index in [-0.39, 0.29) is 121 Å². The van der Waals surface area contributed by atoms with Crippen molar-refractivity contribution in [1.29, 1.82) is 0 Å². The summed E-state index contributed by atoms with van der Waals surface area (Å²) in [6.07, 6.45) is -2.56. The molecule has 0 unspecified atom stereocenters. The summed E-state index contributed by atoms with van der Waals surface area (Å²) >= 11 is 0. The monoisotopic (exact) mass is 414 g/mol. The van der Waals surface area contributed by atoms with Gasteiger partial charge in [0.2, 0.25) is 0 Å². The van der Waals surface area contributed by atoms with E-state index in [1.54, 1.807) is 0 Å². The van der Waals surface area contributed by atoms with E-state index < -0.39 is 11.8 Å². The molecule has 0 bridgehead atoms. The van der Waals surface area contributed by atoms with Crippen molar-refractivity contribution in [2.24, 2.45) is 0 Å². The van der Waals surface area contributed by atoms with Crippen LogP contribution in [0.5, 0.6) is 0 Å². The molecule has 9 heteroatoms. The van der Waals surface area contributed by atoms with Gasteiger partial charge in [-0.3, -0.25) is 0 Å². The zero-order chi connectivity index (χ0) is 18.3. The van der Waals surface area contributed by atoms with Crippen LogP contribution in [0.25, 0.3) is 0 Å². The van der Waals surface area contributed by atoms with Crippen molar-refractivity contribution in [3.63, 3.8) is 0 Å². The molecule has 0 saturated carbocycles. The molecule has 1 aliphatic rings. The molecule has 1 amide bonds. The number of ether oxygens (including phenoxy) is 1. The molecular weight excluding hydrogens is 390 g/mol. The fourth-order valence-corrected chi connectivity index (χ4v) is 2.35. The van der Waals surface area contributed by atoms with E-state index in [0.717, 1.165) is 6.54 Å². The van der Waals surface area contributed by atoms with Gasteiger partial charge < -0.3 is 30.0 Å². The third kappa shape index (κ3) is 11.7. The molecule has 1 heterocycles. The minimum Gasteiger partial charge on any atom is -0.652 e. The first kappa shape index (κ1) is 29.2. The van der Waals surface area contributed by atoms with E-state index in [2.05, 4.69) is 17.4 Å². The molecule has 1 N–H and O–H groups in total. The number of hydrogen-bond acceptors (Lipinski definition) is 6. The van der Waals surface area contributed by atoms with Gasteiger partial charge in [-0.15, -0.1) is 0 Å². The van der Waals surface area contributed by atoms with E-state index >= 15 is 0 Å². The Morgan fingerprint density at radius 1 is 1.15 bits per heavy atom. The van der Waals surface area contributed by atoms with Gasteiger partial charge in [0.25, 0.3) is 0 Å². The Balaban J connectivity index is 0. The number of benzene rings is 1. The second kappa shape index (κ2) is 14.1. The second-order valence-corrected chi connectivity index (χ2v) is 6.60. The predicted octanol–water partition coefficient (Wildman–Crippen LogP) is -5.48. The normalized spacial score (nSPS) is 19.0. The van der Waals surface area contributed by atoms with Crippen molar-refractivity contribution in [3.8, 4) is 0 Å². The number of carbonyl (C=O) groups excluding carboxylic acids is 2. The van der Waals surface area contributed by atoms with Gasteiger partial charge in [-0.05, 0) is 39.4 Å². The van der Waals surface area contributed by atoms with Gasteiger partial charge in [0.05, 0.1) is 6.04 Å². The molecule has 7 nitrogen and oxygen atoms in total. The minimum atomic E-state index is -2.33. The zero-order valence-electron chi connectivity index (χ0n) is 16.4. The molecule has 26 heavy (non-hydrogen) atoms. The maximum atomic E-state index is 12.3. The number of piperazine rings is 1. The van der Waals surface area contributed by atoms with Crippen LogP contribution in [0.2, 0.25) is 0 Å². The number of hydrogen-bond donors (Lipinski definition) is 1. The SMILES string of the molecule is C[C@@H]1CN[C@@H](c2ccccc2)CN1C(=O)OC(C)(C)C.O=C([O-])[O-].[K+].[K+]. The van der Waals surface area contributed by atoms with Crippen LogP contribution in [-0.4, -0.2) is 41.9 Å². The fraction of sp³-hybridized carbons (Fsp3) is 0.529. The third-order valence-corrected chi connectivity index (χ3v) is 3.40. The first-order valence-electron chi connectivity index (χ1n) is 7.76. The maximum absolute atomic E-state index is 12.3. The minimum absolute atomic E-state index is 0. The average Bonchev–Trinajstić information content (AvgIpc) is 2.46. The van der Waals surface area contributed by atoms with E-state index in [0.29, 0.717) is 6.54 Å². The Morgan fingerprint density at radius 3 is 2.12 bits per heavy atom. The van der Waals surface area contributed by atoms with Crippen molar-refractivity contribution < 1.29 is 127 Å². The molecule has 2 atom stereocenters. The van der Waals surface area contributed by atoms with Gasteiger partial charge in [0.15, 0.2) is 0 Å². The van der Waals surface area contributed by atoms with Gasteiger partial charge in [-0.25, -0.2) is 4.79 Å². The van der Waals surface area contributed by atoms with Crippen LogP contribution in [0.4, 0.5) is 9.59 Å². The Kier molecular flexibility index (Phi) is 15.8. The number of nitrogens with zero attached hydrogens (tertiary/aromatic N) is 1. The summed E-state index contributed by atoms with van der Waals surface area (Å²) in [5.41, 5.74) is 0.747. The van der Waals surface area contributed by atoms with Crippen molar-refractivity contribution in [3.05, 3.63) is 35.9 Å². The number of rotatable bonds is 1. The van der Waals surface area contributed by atoms with Gasteiger partial charge in [0.1, 0.15) is 5.60 Å².